The second-order valence-corrected chi connectivity index (χ2v) is 8.22. The van der Waals surface area contributed by atoms with Gasteiger partial charge >= 0.3 is 5.97 Å². The van der Waals surface area contributed by atoms with Gasteiger partial charge in [-0.3, -0.25) is 4.79 Å². The van der Waals surface area contributed by atoms with Gasteiger partial charge in [-0.15, -0.1) is 0 Å². The van der Waals surface area contributed by atoms with Gasteiger partial charge in [0.05, 0.1) is 21.8 Å². The first-order valence-corrected chi connectivity index (χ1v) is 10.2. The lowest BCUT2D eigenvalue weighted by Crippen LogP contribution is -2.15. The second kappa shape index (κ2) is 8.90. The Balaban J connectivity index is 2.00. The molecule has 30 heavy (non-hydrogen) atoms. The van der Waals surface area contributed by atoms with Gasteiger partial charge in [0.25, 0.3) is 5.91 Å². The number of aromatic carboxylic acids is 1. The Bertz CT molecular complexity index is 1140. The molecule has 0 aromatic heterocycles. The normalized spacial score (nSPS) is 10.9. The number of benzene rings is 3. The van der Waals surface area contributed by atoms with Gasteiger partial charge in [0.15, 0.2) is 0 Å². The van der Waals surface area contributed by atoms with Crippen LogP contribution in [0.25, 0.3) is 11.1 Å². The molecular weight excluding hydrogens is 421 g/mol. The van der Waals surface area contributed by atoms with Crippen LogP contribution in [0.15, 0.2) is 54.6 Å². The van der Waals surface area contributed by atoms with Crippen molar-refractivity contribution < 1.29 is 14.7 Å². The molecule has 3 aromatic carbocycles. The summed E-state index contributed by atoms with van der Waals surface area (Å²) < 4.78 is 0. The lowest BCUT2D eigenvalue weighted by molar-refractivity contribution is 0.0698. The molecular formula is C24H21Cl2NO3. The third-order valence-corrected chi connectivity index (χ3v) is 5.46. The van der Waals surface area contributed by atoms with E-state index in [-0.39, 0.29) is 21.8 Å². The fraction of sp³-hybridized carbons (Fsp3) is 0.167. The number of rotatable bonds is 5. The number of anilines is 1. The highest BCUT2D eigenvalue weighted by molar-refractivity contribution is 6.37. The summed E-state index contributed by atoms with van der Waals surface area (Å²) >= 11 is 12.0. The average molecular weight is 442 g/mol. The van der Waals surface area contributed by atoms with E-state index in [1.807, 2.05) is 13.0 Å². The summed E-state index contributed by atoms with van der Waals surface area (Å²) in [6.45, 7) is 6.20. The highest BCUT2D eigenvalue weighted by Crippen LogP contribution is 2.31. The Morgan fingerprint density at radius 3 is 2.30 bits per heavy atom. The van der Waals surface area contributed by atoms with E-state index in [2.05, 4.69) is 31.3 Å². The van der Waals surface area contributed by atoms with Gasteiger partial charge < -0.3 is 10.4 Å². The fourth-order valence-corrected chi connectivity index (χ4v) is 3.67. The van der Waals surface area contributed by atoms with Gasteiger partial charge in [0.2, 0.25) is 0 Å². The highest BCUT2D eigenvalue weighted by Gasteiger charge is 2.17. The zero-order valence-electron chi connectivity index (χ0n) is 16.8. The van der Waals surface area contributed by atoms with Crippen LogP contribution in [0.3, 0.4) is 0 Å². The average Bonchev–Trinajstić information content (AvgIpc) is 2.68. The number of amides is 1. The summed E-state index contributed by atoms with van der Waals surface area (Å²) in [5, 5.41) is 13.0. The van der Waals surface area contributed by atoms with Crippen molar-refractivity contribution in [1.29, 1.82) is 0 Å². The molecule has 0 fully saturated rings. The first-order valence-electron chi connectivity index (χ1n) is 9.42. The van der Waals surface area contributed by atoms with E-state index in [9.17, 15) is 14.7 Å². The molecule has 3 aromatic rings. The van der Waals surface area contributed by atoms with E-state index in [1.54, 1.807) is 24.3 Å². The third kappa shape index (κ3) is 4.66. The van der Waals surface area contributed by atoms with Crippen LogP contribution in [0.1, 0.15) is 51.6 Å². The molecule has 2 N–H and O–H groups in total. The van der Waals surface area contributed by atoms with Gasteiger partial charge in [-0.1, -0.05) is 61.3 Å². The van der Waals surface area contributed by atoms with Crippen molar-refractivity contribution in [3.05, 3.63) is 86.9 Å². The molecule has 0 radical (unpaired) electrons. The number of hydrogen-bond acceptors (Lipinski definition) is 2. The van der Waals surface area contributed by atoms with Crippen molar-refractivity contribution in [1.82, 2.24) is 0 Å². The first kappa shape index (κ1) is 21.9. The monoisotopic (exact) mass is 441 g/mol. The number of nitrogens with one attached hydrogen (secondary N) is 1. The van der Waals surface area contributed by atoms with Crippen molar-refractivity contribution in [2.45, 2.75) is 26.7 Å². The third-order valence-electron chi connectivity index (χ3n) is 4.91. The Hall–Kier alpha value is -2.82. The summed E-state index contributed by atoms with van der Waals surface area (Å²) in [4.78, 5) is 24.5. The number of carboxylic acid groups (broad SMARTS) is 1. The minimum atomic E-state index is -1.13. The first-order chi connectivity index (χ1) is 14.2. The van der Waals surface area contributed by atoms with Crippen molar-refractivity contribution in [3.8, 4) is 11.1 Å². The molecule has 0 bridgehead atoms. The predicted molar refractivity (Wildman–Crippen MR) is 122 cm³/mol. The molecule has 6 heteroatoms. The topological polar surface area (TPSA) is 66.4 Å². The molecule has 0 aliphatic heterocycles. The largest absolute Gasteiger partial charge is 0.478 e. The summed E-state index contributed by atoms with van der Waals surface area (Å²) in [6, 6.07) is 15.7. The van der Waals surface area contributed by atoms with Crippen LogP contribution < -0.4 is 5.32 Å². The number of hydrogen-bond donors (Lipinski definition) is 2. The maximum absolute atomic E-state index is 12.6. The van der Waals surface area contributed by atoms with Crippen molar-refractivity contribution in [3.63, 3.8) is 0 Å². The maximum atomic E-state index is 12.6. The van der Waals surface area contributed by atoms with Gasteiger partial charge in [-0.25, -0.2) is 4.79 Å². The van der Waals surface area contributed by atoms with E-state index >= 15 is 0 Å². The van der Waals surface area contributed by atoms with Crippen LogP contribution in [-0.4, -0.2) is 17.0 Å². The fourth-order valence-electron chi connectivity index (χ4n) is 3.17. The van der Waals surface area contributed by atoms with Gasteiger partial charge in [0.1, 0.15) is 0 Å². The van der Waals surface area contributed by atoms with Crippen LogP contribution in [0.5, 0.6) is 0 Å². The molecule has 4 nitrogen and oxygen atoms in total. The number of carboxylic acids is 1. The van der Waals surface area contributed by atoms with E-state index in [4.69, 9.17) is 23.2 Å². The Kier molecular flexibility index (Phi) is 6.49. The van der Waals surface area contributed by atoms with Gasteiger partial charge in [-0.05, 0) is 65.4 Å². The van der Waals surface area contributed by atoms with Crippen LogP contribution in [0.2, 0.25) is 10.0 Å². The van der Waals surface area contributed by atoms with Crippen LogP contribution in [-0.2, 0) is 0 Å². The highest BCUT2D eigenvalue weighted by atomic mass is 35.5. The van der Waals surface area contributed by atoms with Crippen molar-refractivity contribution >= 4 is 40.8 Å². The number of carbonyl (C=O) groups excluding carboxylic acids is 1. The molecule has 154 valence electrons. The summed E-state index contributed by atoms with van der Waals surface area (Å²) in [5.74, 6) is -1.29. The second-order valence-electron chi connectivity index (χ2n) is 7.37. The lowest BCUT2D eigenvalue weighted by atomic mass is 9.93. The zero-order chi connectivity index (χ0) is 22.0. The smallest absolute Gasteiger partial charge is 0.337 e. The molecule has 0 heterocycles. The van der Waals surface area contributed by atoms with Crippen LogP contribution >= 0.6 is 23.2 Å². The Morgan fingerprint density at radius 1 is 0.933 bits per heavy atom. The van der Waals surface area contributed by atoms with E-state index in [1.165, 1.54) is 17.7 Å². The number of carbonyl (C=O) groups is 2. The molecule has 3 rings (SSSR count). The maximum Gasteiger partial charge on any atom is 0.337 e. The molecule has 0 spiro atoms. The molecule has 0 aliphatic carbocycles. The molecule has 1 amide bonds. The SMILES string of the molecule is Cc1ccc(C(C)C)cc1-c1ccc(NC(=O)c2ccc(Cl)cc2Cl)c(C(=O)O)c1. The summed E-state index contributed by atoms with van der Waals surface area (Å²) in [5.41, 5.74) is 4.35. The van der Waals surface area contributed by atoms with E-state index in [0.717, 1.165) is 16.7 Å². The van der Waals surface area contributed by atoms with Crippen molar-refractivity contribution in [2.75, 3.05) is 5.32 Å². The molecule has 0 unspecified atom stereocenters. The Morgan fingerprint density at radius 2 is 1.67 bits per heavy atom. The van der Waals surface area contributed by atoms with Crippen LogP contribution in [0.4, 0.5) is 5.69 Å². The van der Waals surface area contributed by atoms with Gasteiger partial charge in [-0.2, -0.15) is 0 Å². The van der Waals surface area contributed by atoms with Crippen molar-refractivity contribution in [2.24, 2.45) is 0 Å². The Labute approximate surface area is 185 Å². The molecule has 0 saturated carbocycles. The zero-order valence-corrected chi connectivity index (χ0v) is 18.3. The van der Waals surface area contributed by atoms with Gasteiger partial charge in [0, 0.05) is 5.02 Å². The standard InChI is InChI=1S/C24H21Cl2NO3/c1-13(2)15-5-4-14(3)19(10-15)16-6-9-22(20(11-16)24(29)30)27-23(28)18-8-7-17(25)12-21(18)26/h4-13H,1-3H3,(H,27,28)(H,29,30). The predicted octanol–water partition coefficient (Wildman–Crippen LogP) is 7.04. The lowest BCUT2D eigenvalue weighted by Gasteiger charge is -2.14. The van der Waals surface area contributed by atoms with Crippen LogP contribution in [0, 0.1) is 6.92 Å². The minimum Gasteiger partial charge on any atom is -0.478 e. The van der Waals surface area contributed by atoms with E-state index in [0.29, 0.717) is 10.9 Å². The molecule has 0 atom stereocenters. The number of halogens is 2. The minimum absolute atomic E-state index is 0.000265. The molecule has 0 aliphatic rings. The summed E-state index contributed by atoms with van der Waals surface area (Å²) in [7, 11) is 0. The molecule has 0 saturated heterocycles. The van der Waals surface area contributed by atoms with E-state index < -0.39 is 11.9 Å². The quantitative estimate of drug-likeness (QED) is 0.445. The number of aryl methyl sites for hydroxylation is 1. The summed E-state index contributed by atoms with van der Waals surface area (Å²) in [6.07, 6.45) is 0.